The Balaban J connectivity index is 2.09. The summed E-state index contributed by atoms with van der Waals surface area (Å²) in [7, 11) is 0. The number of rotatable bonds is 7. The molecule has 20 heavy (non-hydrogen) atoms. The molecule has 2 rings (SSSR count). The number of hydrogen-bond donors (Lipinski definition) is 1. The van der Waals surface area contributed by atoms with Crippen LogP contribution in [-0.2, 0) is 19.6 Å². The van der Waals surface area contributed by atoms with Crippen molar-refractivity contribution in [2.24, 2.45) is 0 Å². The van der Waals surface area contributed by atoms with Crippen molar-refractivity contribution in [1.82, 2.24) is 19.7 Å². The van der Waals surface area contributed by atoms with Gasteiger partial charge >= 0.3 is 0 Å². The maximum absolute atomic E-state index is 6.03. The first kappa shape index (κ1) is 14.5. The van der Waals surface area contributed by atoms with E-state index >= 15 is 0 Å². The van der Waals surface area contributed by atoms with Gasteiger partial charge in [0, 0.05) is 18.8 Å². The maximum Gasteiger partial charge on any atom is 0.141 e. The van der Waals surface area contributed by atoms with E-state index in [4.69, 9.17) is 5.73 Å². The van der Waals surface area contributed by atoms with E-state index in [1.54, 1.807) is 6.33 Å². The number of nitrogens with zero attached hydrogens (tertiary/aromatic N) is 4. The molecule has 0 fully saturated rings. The van der Waals surface area contributed by atoms with Crippen molar-refractivity contribution >= 4 is 5.69 Å². The number of aryl methyl sites for hydroxylation is 1. The number of anilines is 1. The number of nitrogens with two attached hydrogens (primary N) is 1. The molecule has 2 N–H and O–H groups in total. The fraction of sp³-hybridized carbons (Fsp3) is 0.467. The summed E-state index contributed by atoms with van der Waals surface area (Å²) in [6.45, 7) is 7.78. The lowest BCUT2D eigenvalue weighted by molar-refractivity contribution is 0.246. The summed E-state index contributed by atoms with van der Waals surface area (Å²) < 4.78 is 1.94. The Morgan fingerprint density at radius 3 is 2.70 bits per heavy atom. The van der Waals surface area contributed by atoms with Crippen LogP contribution in [0.3, 0.4) is 0 Å². The Kier molecular flexibility index (Phi) is 5.12. The van der Waals surface area contributed by atoms with E-state index < -0.39 is 0 Å². The van der Waals surface area contributed by atoms with Gasteiger partial charge in [-0.1, -0.05) is 25.1 Å². The van der Waals surface area contributed by atoms with Gasteiger partial charge in [-0.2, -0.15) is 5.10 Å². The highest BCUT2D eigenvalue weighted by Crippen LogP contribution is 2.15. The summed E-state index contributed by atoms with van der Waals surface area (Å²) >= 11 is 0. The molecule has 0 aliphatic rings. The molecule has 0 aliphatic carbocycles. The zero-order valence-corrected chi connectivity index (χ0v) is 12.3. The van der Waals surface area contributed by atoms with Crippen molar-refractivity contribution in [2.75, 3.05) is 12.3 Å². The van der Waals surface area contributed by atoms with Gasteiger partial charge in [0.2, 0.25) is 0 Å². The molecule has 0 atom stereocenters. The molecule has 0 radical (unpaired) electrons. The summed E-state index contributed by atoms with van der Waals surface area (Å²) in [6.07, 6.45) is 2.73. The van der Waals surface area contributed by atoms with Crippen molar-refractivity contribution in [3.63, 3.8) is 0 Å². The van der Waals surface area contributed by atoms with Crippen LogP contribution in [0.5, 0.6) is 0 Å². The van der Waals surface area contributed by atoms with E-state index in [2.05, 4.69) is 34.9 Å². The second kappa shape index (κ2) is 7.05. The van der Waals surface area contributed by atoms with Gasteiger partial charge in [-0.05, 0) is 31.5 Å². The standard InChI is InChI=1S/C15H23N5/c1-3-9-19(10-13-7-5-6-8-14(13)16)11-15-17-12-18-20(15)4-2/h5-8,12H,3-4,9-11,16H2,1-2H3. The monoisotopic (exact) mass is 273 g/mol. The normalized spacial score (nSPS) is 11.2. The van der Waals surface area contributed by atoms with Crippen molar-refractivity contribution < 1.29 is 0 Å². The van der Waals surface area contributed by atoms with Gasteiger partial charge in [-0.3, -0.25) is 4.90 Å². The second-order valence-electron chi connectivity index (χ2n) is 4.90. The quantitative estimate of drug-likeness (QED) is 0.786. The van der Waals surface area contributed by atoms with Crippen molar-refractivity contribution in [2.45, 2.75) is 39.9 Å². The molecule has 5 heteroatoms. The maximum atomic E-state index is 6.03. The van der Waals surface area contributed by atoms with Gasteiger partial charge < -0.3 is 5.73 Å². The van der Waals surface area contributed by atoms with E-state index in [9.17, 15) is 0 Å². The van der Waals surface area contributed by atoms with E-state index in [-0.39, 0.29) is 0 Å². The molecule has 0 spiro atoms. The van der Waals surface area contributed by atoms with Crippen LogP contribution in [0.4, 0.5) is 5.69 Å². The highest BCUT2D eigenvalue weighted by Gasteiger charge is 2.11. The summed E-state index contributed by atoms with van der Waals surface area (Å²) in [5.41, 5.74) is 8.06. The predicted octanol–water partition coefficient (Wildman–Crippen LogP) is 2.29. The van der Waals surface area contributed by atoms with Crippen molar-refractivity contribution in [1.29, 1.82) is 0 Å². The molecule has 108 valence electrons. The van der Waals surface area contributed by atoms with Gasteiger partial charge in [-0.25, -0.2) is 9.67 Å². The fourth-order valence-electron chi connectivity index (χ4n) is 2.32. The number of para-hydroxylation sites is 1. The van der Waals surface area contributed by atoms with E-state index in [1.807, 2.05) is 22.9 Å². The molecule has 1 aromatic heterocycles. The number of hydrogen-bond acceptors (Lipinski definition) is 4. The van der Waals surface area contributed by atoms with Crippen LogP contribution in [0.2, 0.25) is 0 Å². The van der Waals surface area contributed by atoms with Crippen LogP contribution in [0, 0.1) is 0 Å². The number of nitrogen functional groups attached to an aromatic ring is 1. The zero-order valence-electron chi connectivity index (χ0n) is 12.3. The largest absolute Gasteiger partial charge is 0.398 e. The van der Waals surface area contributed by atoms with Crippen LogP contribution in [0.25, 0.3) is 0 Å². The third-order valence-corrected chi connectivity index (χ3v) is 3.35. The fourth-order valence-corrected chi connectivity index (χ4v) is 2.32. The van der Waals surface area contributed by atoms with E-state index in [1.165, 1.54) is 5.56 Å². The molecule has 2 aromatic rings. The summed E-state index contributed by atoms with van der Waals surface area (Å²) in [5, 5.41) is 4.23. The molecule has 0 aliphatic heterocycles. The first-order valence-corrected chi connectivity index (χ1v) is 7.17. The van der Waals surface area contributed by atoms with Gasteiger partial charge in [0.25, 0.3) is 0 Å². The summed E-state index contributed by atoms with van der Waals surface area (Å²) in [6, 6.07) is 8.04. The highest BCUT2D eigenvalue weighted by molar-refractivity contribution is 5.46. The lowest BCUT2D eigenvalue weighted by atomic mass is 10.1. The van der Waals surface area contributed by atoms with Crippen LogP contribution in [0.1, 0.15) is 31.7 Å². The Labute approximate surface area is 120 Å². The van der Waals surface area contributed by atoms with E-state index in [0.717, 1.165) is 44.1 Å². The summed E-state index contributed by atoms with van der Waals surface area (Å²) in [5.74, 6) is 1.01. The van der Waals surface area contributed by atoms with Crippen LogP contribution in [-0.4, -0.2) is 26.2 Å². The smallest absolute Gasteiger partial charge is 0.141 e. The molecule has 5 nitrogen and oxygen atoms in total. The Hall–Kier alpha value is -1.88. The van der Waals surface area contributed by atoms with Crippen LogP contribution >= 0.6 is 0 Å². The van der Waals surface area contributed by atoms with Gasteiger partial charge in [0.05, 0.1) is 6.54 Å². The van der Waals surface area contributed by atoms with Gasteiger partial charge in [0.15, 0.2) is 0 Å². The minimum atomic E-state index is 0.802. The highest BCUT2D eigenvalue weighted by atomic mass is 15.3. The molecular formula is C15H23N5. The molecular weight excluding hydrogens is 250 g/mol. The Morgan fingerprint density at radius 1 is 1.20 bits per heavy atom. The van der Waals surface area contributed by atoms with Crippen molar-refractivity contribution in [3.8, 4) is 0 Å². The second-order valence-corrected chi connectivity index (χ2v) is 4.90. The Bertz CT molecular complexity index is 535. The number of aromatic nitrogens is 3. The van der Waals surface area contributed by atoms with Crippen LogP contribution < -0.4 is 5.73 Å². The van der Waals surface area contributed by atoms with Gasteiger partial charge in [-0.15, -0.1) is 0 Å². The molecule has 0 unspecified atom stereocenters. The zero-order chi connectivity index (χ0) is 14.4. The molecule has 0 saturated carbocycles. The molecule has 0 amide bonds. The third kappa shape index (κ3) is 3.57. The topological polar surface area (TPSA) is 60.0 Å². The predicted molar refractivity (Wildman–Crippen MR) is 81.0 cm³/mol. The first-order valence-electron chi connectivity index (χ1n) is 7.17. The Morgan fingerprint density at radius 2 is 2.00 bits per heavy atom. The first-order chi connectivity index (χ1) is 9.74. The molecule has 1 aromatic carbocycles. The number of benzene rings is 1. The van der Waals surface area contributed by atoms with E-state index in [0.29, 0.717) is 0 Å². The minimum Gasteiger partial charge on any atom is -0.398 e. The molecule has 1 heterocycles. The average molecular weight is 273 g/mol. The average Bonchev–Trinajstić information content (AvgIpc) is 2.89. The van der Waals surface area contributed by atoms with Crippen molar-refractivity contribution in [3.05, 3.63) is 42.0 Å². The minimum absolute atomic E-state index is 0.802. The van der Waals surface area contributed by atoms with Gasteiger partial charge in [0.1, 0.15) is 12.2 Å². The SMILES string of the molecule is CCCN(Cc1ccccc1N)Cc1ncnn1CC. The van der Waals surface area contributed by atoms with Crippen LogP contribution in [0.15, 0.2) is 30.6 Å². The molecule has 0 saturated heterocycles. The lowest BCUT2D eigenvalue weighted by Gasteiger charge is -2.22. The molecule has 0 bridgehead atoms. The lowest BCUT2D eigenvalue weighted by Crippen LogP contribution is -2.26. The summed E-state index contributed by atoms with van der Waals surface area (Å²) in [4.78, 5) is 6.72. The third-order valence-electron chi connectivity index (χ3n) is 3.35.